The molecule has 0 amide bonds. The smallest absolute Gasteiger partial charge is 0.153 e. The van der Waals surface area contributed by atoms with Gasteiger partial charge in [0.2, 0.25) is 0 Å². The normalized spacial score (nSPS) is 13.2. The Hall–Kier alpha value is -1.62. The summed E-state index contributed by atoms with van der Waals surface area (Å²) in [6.45, 7) is 7.10. The molecule has 0 saturated heterocycles. The van der Waals surface area contributed by atoms with Crippen LogP contribution in [-0.2, 0) is 6.54 Å². The number of imidazole rings is 2. The second-order valence-corrected chi connectivity index (χ2v) is 4.70. The molecule has 1 N–H and O–H groups in total. The van der Waals surface area contributed by atoms with E-state index in [1.165, 1.54) is 0 Å². The number of nitrogens with zero attached hydrogens (tertiary/aromatic N) is 4. The minimum absolute atomic E-state index is 0.270. The van der Waals surface area contributed by atoms with Gasteiger partial charge in [-0.15, -0.1) is 0 Å². The zero-order chi connectivity index (χ0) is 13.1. The lowest BCUT2D eigenvalue weighted by molar-refractivity contribution is 0.192. The largest absolute Gasteiger partial charge is 0.379 e. The molecule has 0 bridgehead atoms. The molecule has 0 aliphatic rings. The monoisotopic (exact) mass is 248 g/mol. The maximum atomic E-state index is 10.5. The van der Waals surface area contributed by atoms with Gasteiger partial charge >= 0.3 is 0 Å². The SMILES string of the molecule is CCCn1ccnc1C(O)c1cncn1C(C)C. The number of aryl methyl sites for hydroxylation is 1. The Labute approximate surface area is 107 Å². The highest BCUT2D eigenvalue weighted by atomic mass is 16.3. The molecule has 0 radical (unpaired) electrons. The Morgan fingerprint density at radius 2 is 2.17 bits per heavy atom. The molecule has 1 unspecified atom stereocenters. The average Bonchev–Trinajstić information content (AvgIpc) is 2.96. The average molecular weight is 248 g/mol. The lowest BCUT2D eigenvalue weighted by Crippen LogP contribution is -2.14. The fourth-order valence-electron chi connectivity index (χ4n) is 2.09. The molecule has 1 atom stereocenters. The van der Waals surface area contributed by atoms with E-state index < -0.39 is 6.10 Å². The van der Waals surface area contributed by atoms with Crippen molar-refractivity contribution in [1.82, 2.24) is 19.1 Å². The number of hydrogen-bond donors (Lipinski definition) is 1. The summed E-state index contributed by atoms with van der Waals surface area (Å²) in [5, 5.41) is 10.5. The highest BCUT2D eigenvalue weighted by molar-refractivity contribution is 5.14. The highest BCUT2D eigenvalue weighted by Crippen LogP contribution is 2.22. The summed E-state index contributed by atoms with van der Waals surface area (Å²) < 4.78 is 3.96. The van der Waals surface area contributed by atoms with Crippen LogP contribution in [0.15, 0.2) is 24.9 Å². The van der Waals surface area contributed by atoms with E-state index in [1.807, 2.05) is 15.3 Å². The van der Waals surface area contributed by atoms with Crippen molar-refractivity contribution in [2.24, 2.45) is 0 Å². The van der Waals surface area contributed by atoms with E-state index in [-0.39, 0.29) is 6.04 Å². The molecule has 0 aromatic carbocycles. The Morgan fingerprint density at radius 3 is 2.83 bits per heavy atom. The first kappa shape index (κ1) is 12.8. The van der Waals surface area contributed by atoms with E-state index >= 15 is 0 Å². The van der Waals surface area contributed by atoms with Crippen LogP contribution in [0.4, 0.5) is 0 Å². The van der Waals surface area contributed by atoms with Crippen molar-refractivity contribution in [3.8, 4) is 0 Å². The van der Waals surface area contributed by atoms with E-state index in [4.69, 9.17) is 0 Å². The van der Waals surface area contributed by atoms with Gasteiger partial charge in [-0.1, -0.05) is 6.92 Å². The molecule has 98 valence electrons. The standard InChI is InChI=1S/C13H20N4O/c1-4-6-16-7-5-15-13(16)12(18)11-8-14-9-17(11)10(2)3/h5,7-10,12,18H,4,6H2,1-3H3. The molecular formula is C13H20N4O. The molecule has 0 fully saturated rings. The summed E-state index contributed by atoms with van der Waals surface area (Å²) in [4.78, 5) is 8.38. The zero-order valence-corrected chi connectivity index (χ0v) is 11.1. The van der Waals surface area contributed by atoms with Gasteiger partial charge in [-0.25, -0.2) is 9.97 Å². The first-order valence-corrected chi connectivity index (χ1v) is 6.36. The summed E-state index contributed by atoms with van der Waals surface area (Å²) in [6, 6.07) is 0.270. The van der Waals surface area contributed by atoms with Gasteiger partial charge in [0.15, 0.2) is 6.10 Å². The van der Waals surface area contributed by atoms with Gasteiger partial charge in [-0.3, -0.25) is 0 Å². The van der Waals surface area contributed by atoms with Gasteiger partial charge < -0.3 is 14.2 Å². The second-order valence-electron chi connectivity index (χ2n) is 4.70. The van der Waals surface area contributed by atoms with Crippen LogP contribution >= 0.6 is 0 Å². The predicted molar refractivity (Wildman–Crippen MR) is 69.2 cm³/mol. The van der Waals surface area contributed by atoms with E-state index in [0.29, 0.717) is 5.82 Å². The Kier molecular flexibility index (Phi) is 3.81. The van der Waals surface area contributed by atoms with Crippen molar-refractivity contribution < 1.29 is 5.11 Å². The third kappa shape index (κ3) is 2.31. The van der Waals surface area contributed by atoms with Crippen LogP contribution in [0.5, 0.6) is 0 Å². The summed E-state index contributed by atoms with van der Waals surface area (Å²) in [5.74, 6) is 0.680. The molecule has 0 aliphatic heterocycles. The van der Waals surface area contributed by atoms with E-state index in [1.54, 1.807) is 18.7 Å². The summed E-state index contributed by atoms with van der Waals surface area (Å²) in [7, 11) is 0. The maximum Gasteiger partial charge on any atom is 0.153 e. The van der Waals surface area contributed by atoms with Crippen molar-refractivity contribution in [1.29, 1.82) is 0 Å². The van der Waals surface area contributed by atoms with Crippen LogP contribution in [0.25, 0.3) is 0 Å². The summed E-state index contributed by atoms with van der Waals surface area (Å²) in [6.07, 6.45) is 7.37. The van der Waals surface area contributed by atoms with Crippen molar-refractivity contribution in [3.63, 3.8) is 0 Å². The molecule has 2 rings (SSSR count). The maximum absolute atomic E-state index is 10.5. The van der Waals surface area contributed by atoms with E-state index in [9.17, 15) is 5.11 Å². The zero-order valence-electron chi connectivity index (χ0n) is 11.1. The van der Waals surface area contributed by atoms with E-state index in [2.05, 4.69) is 30.7 Å². The Balaban J connectivity index is 2.32. The first-order valence-electron chi connectivity index (χ1n) is 6.36. The minimum atomic E-state index is -0.726. The molecule has 0 saturated carbocycles. The van der Waals surface area contributed by atoms with Gasteiger partial charge in [-0.05, 0) is 20.3 Å². The van der Waals surface area contributed by atoms with Crippen molar-refractivity contribution in [3.05, 3.63) is 36.4 Å². The lowest BCUT2D eigenvalue weighted by Gasteiger charge is -2.17. The molecule has 5 nitrogen and oxygen atoms in total. The van der Waals surface area contributed by atoms with Crippen molar-refractivity contribution in [2.45, 2.75) is 45.9 Å². The number of aliphatic hydroxyl groups excluding tert-OH is 1. The number of rotatable bonds is 5. The third-order valence-corrected chi connectivity index (χ3v) is 2.99. The van der Waals surface area contributed by atoms with Gasteiger partial charge in [0.05, 0.1) is 18.2 Å². The fourth-order valence-corrected chi connectivity index (χ4v) is 2.09. The fraction of sp³-hybridized carbons (Fsp3) is 0.538. The summed E-state index contributed by atoms with van der Waals surface area (Å²) >= 11 is 0. The first-order chi connectivity index (χ1) is 8.65. The van der Waals surface area contributed by atoms with Gasteiger partial charge in [0, 0.05) is 25.0 Å². The minimum Gasteiger partial charge on any atom is -0.379 e. The van der Waals surface area contributed by atoms with Crippen LogP contribution < -0.4 is 0 Å². The second kappa shape index (κ2) is 5.35. The van der Waals surface area contributed by atoms with Crippen LogP contribution in [0.3, 0.4) is 0 Å². The van der Waals surface area contributed by atoms with Crippen LogP contribution in [0, 0.1) is 0 Å². The quantitative estimate of drug-likeness (QED) is 0.882. The van der Waals surface area contributed by atoms with Gasteiger partial charge in [-0.2, -0.15) is 0 Å². The topological polar surface area (TPSA) is 55.9 Å². The van der Waals surface area contributed by atoms with Crippen LogP contribution in [-0.4, -0.2) is 24.2 Å². The third-order valence-electron chi connectivity index (χ3n) is 2.99. The van der Waals surface area contributed by atoms with Crippen LogP contribution in [0.2, 0.25) is 0 Å². The molecule has 5 heteroatoms. The van der Waals surface area contributed by atoms with Gasteiger partial charge in [0.25, 0.3) is 0 Å². The molecule has 2 aromatic rings. The highest BCUT2D eigenvalue weighted by Gasteiger charge is 2.20. The van der Waals surface area contributed by atoms with Crippen LogP contribution in [0.1, 0.15) is 50.9 Å². The number of aliphatic hydroxyl groups is 1. The number of aromatic nitrogens is 4. The van der Waals surface area contributed by atoms with Crippen molar-refractivity contribution >= 4 is 0 Å². The Morgan fingerprint density at radius 1 is 1.39 bits per heavy atom. The molecule has 18 heavy (non-hydrogen) atoms. The van der Waals surface area contributed by atoms with E-state index in [0.717, 1.165) is 18.7 Å². The Bertz CT molecular complexity index is 501. The molecule has 2 heterocycles. The lowest BCUT2D eigenvalue weighted by atomic mass is 10.2. The molecular weight excluding hydrogens is 228 g/mol. The summed E-state index contributed by atoms with van der Waals surface area (Å²) in [5.41, 5.74) is 0.786. The molecule has 2 aromatic heterocycles. The molecule has 0 spiro atoms. The molecule has 0 aliphatic carbocycles. The predicted octanol–water partition coefficient (Wildman–Crippen LogP) is 2.15. The van der Waals surface area contributed by atoms with Gasteiger partial charge in [0.1, 0.15) is 5.82 Å². The number of hydrogen-bond acceptors (Lipinski definition) is 3. The van der Waals surface area contributed by atoms with Crippen molar-refractivity contribution in [2.75, 3.05) is 0 Å².